The molecule has 0 saturated carbocycles. The maximum absolute atomic E-state index is 3.86. The maximum atomic E-state index is 3.86. The molecule has 0 radical (unpaired) electrons. The van der Waals surface area contributed by atoms with E-state index in [0.29, 0.717) is 0 Å². The summed E-state index contributed by atoms with van der Waals surface area (Å²) in [5.41, 5.74) is 0.993. The molecular formula is C12H25P. The summed E-state index contributed by atoms with van der Waals surface area (Å²) in [4.78, 5) is 0. The predicted octanol–water partition coefficient (Wildman–Crippen LogP) is 3.76. The summed E-state index contributed by atoms with van der Waals surface area (Å²) in [6.45, 7) is 11.2. The van der Waals surface area contributed by atoms with Crippen molar-refractivity contribution in [2.45, 2.75) is 39.3 Å². The van der Waals surface area contributed by atoms with E-state index < -0.39 is 7.26 Å². The van der Waals surface area contributed by atoms with Gasteiger partial charge in [0.15, 0.2) is 0 Å². The first-order valence-electron chi connectivity index (χ1n) is 5.75. The fourth-order valence-electron chi connectivity index (χ4n) is 2.96. The normalized spacial score (nSPS) is 29.1. The van der Waals surface area contributed by atoms with Crippen molar-refractivity contribution in [2.75, 3.05) is 18.5 Å². The van der Waals surface area contributed by atoms with Crippen LogP contribution in [0.4, 0.5) is 0 Å². The standard InChI is InChI=1S/C12H25P/c1-5-7-12-8-9-13(6-2,10-12)11(3)4/h5,11-13H,1,6-10H2,2-4H3. The Labute approximate surface area is 84.1 Å². The van der Waals surface area contributed by atoms with Crippen LogP contribution in [0.25, 0.3) is 0 Å². The van der Waals surface area contributed by atoms with Crippen molar-refractivity contribution in [1.29, 1.82) is 0 Å². The first-order valence-corrected chi connectivity index (χ1v) is 8.45. The van der Waals surface area contributed by atoms with Crippen molar-refractivity contribution >= 4 is 7.26 Å². The Morgan fingerprint density at radius 1 is 1.54 bits per heavy atom. The summed E-state index contributed by atoms with van der Waals surface area (Å²) >= 11 is 0. The molecule has 1 fully saturated rings. The molecule has 0 bridgehead atoms. The first-order chi connectivity index (χ1) is 6.14. The fourth-order valence-corrected chi connectivity index (χ4v) is 8.18. The zero-order valence-corrected chi connectivity index (χ0v) is 10.5. The molecule has 0 aromatic carbocycles. The third-order valence-corrected chi connectivity index (χ3v) is 10.7. The molecule has 0 amide bonds. The van der Waals surface area contributed by atoms with Crippen molar-refractivity contribution in [3.63, 3.8) is 0 Å². The molecule has 0 aromatic rings. The third-order valence-electron chi connectivity index (χ3n) is 4.17. The summed E-state index contributed by atoms with van der Waals surface area (Å²) in [7, 11) is -0.832. The fraction of sp³-hybridized carbons (Fsp3) is 0.833. The molecule has 13 heavy (non-hydrogen) atoms. The molecule has 1 saturated heterocycles. The van der Waals surface area contributed by atoms with E-state index in [1.807, 2.05) is 0 Å². The van der Waals surface area contributed by atoms with Gasteiger partial charge in [-0.1, -0.05) is 0 Å². The van der Waals surface area contributed by atoms with Crippen molar-refractivity contribution in [1.82, 2.24) is 0 Å². The number of rotatable bonds is 4. The Hall–Kier alpha value is 0.170. The van der Waals surface area contributed by atoms with Crippen LogP contribution in [0, 0.1) is 5.92 Å². The molecule has 0 nitrogen and oxygen atoms in total. The van der Waals surface area contributed by atoms with Crippen molar-refractivity contribution < 1.29 is 0 Å². The molecule has 1 atom stereocenters. The van der Waals surface area contributed by atoms with Gasteiger partial charge in [0.25, 0.3) is 0 Å². The number of hydrogen-bond acceptors (Lipinski definition) is 0. The zero-order valence-electron chi connectivity index (χ0n) is 9.47. The van der Waals surface area contributed by atoms with E-state index in [9.17, 15) is 0 Å². The summed E-state index contributed by atoms with van der Waals surface area (Å²) < 4.78 is 0. The summed E-state index contributed by atoms with van der Waals surface area (Å²) in [6, 6.07) is 0. The molecule has 1 heterocycles. The molecule has 1 heteroatoms. The van der Waals surface area contributed by atoms with E-state index in [1.165, 1.54) is 19.0 Å². The van der Waals surface area contributed by atoms with Gasteiger partial charge in [-0.15, -0.1) is 0 Å². The third kappa shape index (κ3) is 2.34. The van der Waals surface area contributed by atoms with Crippen molar-refractivity contribution in [3.8, 4) is 0 Å². The van der Waals surface area contributed by atoms with Crippen molar-refractivity contribution in [3.05, 3.63) is 12.7 Å². The molecule has 1 aliphatic rings. The average Bonchev–Trinajstić information content (AvgIpc) is 2.50. The van der Waals surface area contributed by atoms with Crippen LogP contribution in [0.3, 0.4) is 0 Å². The van der Waals surface area contributed by atoms with Crippen LogP contribution in [0.1, 0.15) is 33.6 Å². The average molecular weight is 200 g/mol. The van der Waals surface area contributed by atoms with E-state index in [2.05, 4.69) is 33.4 Å². The Kier molecular flexibility index (Phi) is 3.98. The Morgan fingerprint density at radius 3 is 2.62 bits per heavy atom. The van der Waals surface area contributed by atoms with Gasteiger partial charge in [-0.2, -0.15) is 0 Å². The molecule has 0 N–H and O–H groups in total. The van der Waals surface area contributed by atoms with E-state index in [0.717, 1.165) is 11.6 Å². The second-order valence-corrected chi connectivity index (χ2v) is 10.5. The van der Waals surface area contributed by atoms with E-state index in [1.54, 1.807) is 12.3 Å². The topological polar surface area (TPSA) is 0 Å². The summed E-state index contributed by atoms with van der Waals surface area (Å²) in [5.74, 6) is 0.992. The molecule has 0 spiro atoms. The van der Waals surface area contributed by atoms with Crippen LogP contribution in [0.15, 0.2) is 12.7 Å². The predicted molar refractivity (Wildman–Crippen MR) is 66.6 cm³/mol. The van der Waals surface area contributed by atoms with Gasteiger partial charge in [0.05, 0.1) is 0 Å². The number of allylic oxidation sites excluding steroid dienone is 1. The van der Waals surface area contributed by atoms with Crippen LogP contribution in [0.2, 0.25) is 0 Å². The SMILES string of the molecule is C=CCC1CC[PH](CC)(C(C)C)C1. The quantitative estimate of drug-likeness (QED) is 0.479. The zero-order chi connectivity index (χ0) is 9.90. The minimum absolute atomic E-state index is 0.832. The Balaban J connectivity index is 2.57. The monoisotopic (exact) mass is 200 g/mol. The molecular weight excluding hydrogens is 175 g/mol. The van der Waals surface area contributed by atoms with Crippen LogP contribution >= 0.6 is 7.26 Å². The second kappa shape index (κ2) is 4.60. The molecule has 0 aliphatic carbocycles. The van der Waals surface area contributed by atoms with Gasteiger partial charge in [0.2, 0.25) is 0 Å². The van der Waals surface area contributed by atoms with Gasteiger partial charge < -0.3 is 0 Å². The van der Waals surface area contributed by atoms with Gasteiger partial charge in [0.1, 0.15) is 0 Å². The Bertz CT molecular complexity index is 174. The number of hydrogen-bond donors (Lipinski definition) is 0. The molecule has 0 aromatic heterocycles. The van der Waals surface area contributed by atoms with Crippen LogP contribution in [-0.4, -0.2) is 24.1 Å². The molecule has 78 valence electrons. The summed E-state index contributed by atoms with van der Waals surface area (Å²) in [5, 5.41) is 0. The second-order valence-electron chi connectivity index (χ2n) is 5.00. The van der Waals surface area contributed by atoms with E-state index in [-0.39, 0.29) is 0 Å². The summed E-state index contributed by atoms with van der Waals surface area (Å²) in [6.07, 6.45) is 9.53. The molecule has 1 unspecified atom stereocenters. The minimum atomic E-state index is -0.832. The van der Waals surface area contributed by atoms with Gasteiger partial charge in [-0.25, -0.2) is 0 Å². The first kappa shape index (κ1) is 11.2. The van der Waals surface area contributed by atoms with Gasteiger partial charge in [-0.3, -0.25) is 0 Å². The molecule has 1 aliphatic heterocycles. The van der Waals surface area contributed by atoms with Crippen LogP contribution < -0.4 is 0 Å². The van der Waals surface area contributed by atoms with E-state index in [4.69, 9.17) is 0 Å². The van der Waals surface area contributed by atoms with Crippen molar-refractivity contribution in [2.24, 2.45) is 5.92 Å². The molecule has 1 rings (SSSR count). The van der Waals surface area contributed by atoms with Gasteiger partial charge in [-0.05, 0) is 0 Å². The van der Waals surface area contributed by atoms with Crippen LogP contribution in [-0.2, 0) is 0 Å². The Morgan fingerprint density at radius 2 is 2.23 bits per heavy atom. The van der Waals surface area contributed by atoms with Gasteiger partial charge in [0, 0.05) is 0 Å². The van der Waals surface area contributed by atoms with Gasteiger partial charge >= 0.3 is 83.6 Å². The van der Waals surface area contributed by atoms with E-state index >= 15 is 0 Å². The van der Waals surface area contributed by atoms with Crippen LogP contribution in [0.5, 0.6) is 0 Å².